The highest BCUT2D eigenvalue weighted by atomic mass is 32.1. The topological polar surface area (TPSA) is 63.8 Å². The molecule has 0 radical (unpaired) electrons. The Balaban J connectivity index is 2.07. The fraction of sp³-hybridized carbons (Fsp3) is 0.615. The Morgan fingerprint density at radius 1 is 1.39 bits per heavy atom. The highest BCUT2D eigenvalue weighted by Gasteiger charge is 2.64. The van der Waals surface area contributed by atoms with Gasteiger partial charge in [-0.2, -0.15) is 5.10 Å². The molecule has 1 aliphatic carbocycles. The monoisotopic (exact) mass is 264 g/mol. The molecule has 0 atom stereocenters. The first-order chi connectivity index (χ1) is 8.28. The van der Waals surface area contributed by atoms with Gasteiger partial charge >= 0.3 is 0 Å². The van der Waals surface area contributed by atoms with Crippen molar-refractivity contribution in [3.63, 3.8) is 0 Å². The van der Waals surface area contributed by atoms with Crippen LogP contribution in [0.25, 0.3) is 0 Å². The van der Waals surface area contributed by atoms with E-state index in [1.807, 2.05) is 0 Å². The summed E-state index contributed by atoms with van der Waals surface area (Å²) in [6, 6.07) is 1.79. The molecule has 0 aliphatic heterocycles. The lowest BCUT2D eigenvalue weighted by Gasteiger charge is -2.09. The van der Waals surface area contributed by atoms with Crippen molar-refractivity contribution in [3.05, 3.63) is 17.8 Å². The van der Waals surface area contributed by atoms with Crippen molar-refractivity contribution in [1.29, 1.82) is 0 Å². The van der Waals surface area contributed by atoms with Gasteiger partial charge in [-0.15, -0.1) is 5.10 Å². The predicted octanol–water partition coefficient (Wildman–Crippen LogP) is 2.20. The van der Waals surface area contributed by atoms with Crippen LogP contribution in [0.1, 0.15) is 33.3 Å². The van der Waals surface area contributed by atoms with E-state index in [0.717, 1.165) is 12.1 Å². The number of anilines is 1. The number of nitrogens with one attached hydrogen (secondary N) is 1. The molecule has 0 saturated heterocycles. The van der Waals surface area contributed by atoms with Crippen LogP contribution < -0.4 is 11.1 Å². The molecule has 1 saturated carbocycles. The van der Waals surface area contributed by atoms with Gasteiger partial charge in [-0.3, -0.25) is 0 Å². The molecule has 0 bridgehead atoms. The first-order valence-corrected chi connectivity index (χ1v) is 6.54. The molecule has 1 fully saturated rings. The molecule has 1 aromatic rings. The van der Waals surface area contributed by atoms with Crippen molar-refractivity contribution >= 4 is 23.0 Å². The van der Waals surface area contributed by atoms with Gasteiger partial charge < -0.3 is 11.1 Å². The first kappa shape index (κ1) is 13.2. The molecule has 3 N–H and O–H groups in total. The van der Waals surface area contributed by atoms with Gasteiger partial charge in [-0.1, -0.05) is 39.9 Å². The Hall–Kier alpha value is -1.23. The van der Waals surface area contributed by atoms with E-state index in [9.17, 15) is 0 Å². The molecule has 1 aliphatic rings. The van der Waals surface area contributed by atoms with E-state index in [1.54, 1.807) is 12.3 Å². The molecular weight excluding hydrogens is 244 g/mol. The van der Waals surface area contributed by atoms with E-state index in [0.29, 0.717) is 27.6 Å². The smallest absolute Gasteiger partial charge is 0.158 e. The van der Waals surface area contributed by atoms with Crippen molar-refractivity contribution in [2.75, 3.05) is 11.9 Å². The summed E-state index contributed by atoms with van der Waals surface area (Å²) in [4.78, 5) is 0.349. The summed E-state index contributed by atoms with van der Waals surface area (Å²) < 4.78 is 0. The predicted molar refractivity (Wildman–Crippen MR) is 77.5 cm³/mol. The van der Waals surface area contributed by atoms with Crippen LogP contribution in [0.4, 0.5) is 5.82 Å². The minimum atomic E-state index is 0.349. The van der Waals surface area contributed by atoms with Gasteiger partial charge in [0.25, 0.3) is 0 Å². The van der Waals surface area contributed by atoms with Crippen molar-refractivity contribution in [1.82, 2.24) is 10.2 Å². The zero-order valence-corrected chi connectivity index (χ0v) is 12.1. The number of hydrogen-bond acceptors (Lipinski definition) is 4. The van der Waals surface area contributed by atoms with Crippen molar-refractivity contribution in [3.8, 4) is 0 Å². The number of thiocarbonyl (C=S) groups is 1. The second-order valence-corrected chi connectivity index (χ2v) is 6.47. The molecule has 2 rings (SSSR count). The third-order valence-corrected chi connectivity index (χ3v) is 5.00. The lowest BCUT2D eigenvalue weighted by Crippen LogP contribution is -2.17. The molecule has 18 heavy (non-hydrogen) atoms. The molecular formula is C13H20N4S. The van der Waals surface area contributed by atoms with E-state index in [4.69, 9.17) is 18.0 Å². The second-order valence-electron chi connectivity index (χ2n) is 6.03. The van der Waals surface area contributed by atoms with Gasteiger partial charge in [0.05, 0.1) is 11.8 Å². The minimum absolute atomic E-state index is 0.349. The average molecular weight is 264 g/mol. The number of hydrogen-bond donors (Lipinski definition) is 2. The highest BCUT2D eigenvalue weighted by molar-refractivity contribution is 7.80. The Labute approximate surface area is 113 Å². The van der Waals surface area contributed by atoms with E-state index in [2.05, 4.69) is 43.2 Å². The van der Waals surface area contributed by atoms with Gasteiger partial charge in [0.1, 0.15) is 4.99 Å². The lowest BCUT2D eigenvalue weighted by atomic mass is 10.0. The average Bonchev–Trinajstić information content (AvgIpc) is 2.67. The summed E-state index contributed by atoms with van der Waals surface area (Å²) in [6.45, 7) is 10.1. The van der Waals surface area contributed by atoms with Gasteiger partial charge in [-0.25, -0.2) is 0 Å². The number of nitrogens with two attached hydrogens (primary N) is 1. The van der Waals surface area contributed by atoms with Crippen LogP contribution in [-0.4, -0.2) is 21.7 Å². The van der Waals surface area contributed by atoms with Crippen LogP contribution in [-0.2, 0) is 0 Å². The van der Waals surface area contributed by atoms with Crippen LogP contribution in [0.15, 0.2) is 12.3 Å². The number of aromatic nitrogens is 2. The Bertz CT molecular complexity index is 468. The molecule has 98 valence electrons. The van der Waals surface area contributed by atoms with Crippen molar-refractivity contribution in [2.45, 2.75) is 27.7 Å². The molecule has 0 aromatic carbocycles. The van der Waals surface area contributed by atoms with E-state index in [-0.39, 0.29) is 0 Å². The van der Waals surface area contributed by atoms with Crippen molar-refractivity contribution < 1.29 is 0 Å². The second kappa shape index (κ2) is 4.16. The maximum atomic E-state index is 5.67. The van der Waals surface area contributed by atoms with Gasteiger partial charge in [0, 0.05) is 6.54 Å². The van der Waals surface area contributed by atoms with Gasteiger partial charge in [0.15, 0.2) is 5.82 Å². The van der Waals surface area contributed by atoms with Crippen molar-refractivity contribution in [2.24, 2.45) is 22.5 Å². The van der Waals surface area contributed by atoms with E-state index in [1.165, 1.54) is 0 Å². The molecule has 1 heterocycles. The Morgan fingerprint density at radius 2 is 2.00 bits per heavy atom. The van der Waals surface area contributed by atoms with E-state index >= 15 is 0 Å². The summed E-state index contributed by atoms with van der Waals surface area (Å²) in [5, 5.41) is 11.3. The van der Waals surface area contributed by atoms with Crippen LogP contribution >= 0.6 is 12.2 Å². The molecule has 0 amide bonds. The third kappa shape index (κ3) is 1.96. The van der Waals surface area contributed by atoms with Crippen LogP contribution in [0.3, 0.4) is 0 Å². The van der Waals surface area contributed by atoms with Crippen LogP contribution in [0.2, 0.25) is 0 Å². The zero-order chi connectivity index (χ0) is 13.6. The minimum Gasteiger partial charge on any atom is -0.389 e. The van der Waals surface area contributed by atoms with Gasteiger partial charge in [-0.05, 0) is 22.8 Å². The number of nitrogens with zero attached hydrogens (tertiary/aromatic N) is 2. The van der Waals surface area contributed by atoms with Gasteiger partial charge in [0.2, 0.25) is 0 Å². The SMILES string of the molecule is CC1(C)C(CNc2nnccc2C(N)=S)C1(C)C. The fourth-order valence-corrected chi connectivity index (χ4v) is 2.87. The zero-order valence-electron chi connectivity index (χ0n) is 11.3. The maximum absolute atomic E-state index is 5.67. The third-order valence-electron chi connectivity index (χ3n) is 4.78. The molecule has 0 spiro atoms. The molecule has 5 heteroatoms. The highest BCUT2D eigenvalue weighted by Crippen LogP contribution is 2.68. The maximum Gasteiger partial charge on any atom is 0.158 e. The Kier molecular flexibility index (Phi) is 3.05. The standard InChI is InChI=1S/C13H20N4S/c1-12(2)9(13(12,3)4)7-15-11-8(10(14)18)5-6-16-17-11/h5-6,9H,7H2,1-4H3,(H2,14,18)(H,15,17). The quantitative estimate of drug-likeness (QED) is 0.816. The molecule has 0 unspecified atom stereocenters. The summed E-state index contributed by atoms with van der Waals surface area (Å²) in [7, 11) is 0. The summed E-state index contributed by atoms with van der Waals surface area (Å²) >= 11 is 5.01. The normalized spacial score (nSPS) is 20.4. The van der Waals surface area contributed by atoms with Crippen LogP contribution in [0, 0.1) is 16.7 Å². The largest absolute Gasteiger partial charge is 0.389 e. The van der Waals surface area contributed by atoms with E-state index < -0.39 is 0 Å². The first-order valence-electron chi connectivity index (χ1n) is 6.14. The number of rotatable bonds is 4. The summed E-state index contributed by atoms with van der Waals surface area (Å²) in [5.74, 6) is 1.30. The molecule has 4 nitrogen and oxygen atoms in total. The summed E-state index contributed by atoms with van der Waals surface area (Å²) in [5.41, 5.74) is 7.13. The lowest BCUT2D eigenvalue weighted by molar-refractivity contribution is 0.457. The fourth-order valence-electron chi connectivity index (χ4n) is 2.70. The van der Waals surface area contributed by atoms with Crippen LogP contribution in [0.5, 0.6) is 0 Å². The molecule has 1 aromatic heterocycles. The Morgan fingerprint density at radius 3 is 2.50 bits per heavy atom. The summed E-state index contributed by atoms with van der Waals surface area (Å²) in [6.07, 6.45) is 1.60.